The fourth-order valence-electron chi connectivity index (χ4n) is 0.747. The fraction of sp³-hybridized carbons (Fsp3) is 0.667. The second kappa shape index (κ2) is 10.4. The van der Waals surface area contributed by atoms with Gasteiger partial charge < -0.3 is 15.7 Å². The van der Waals surface area contributed by atoms with Crippen LogP contribution in [-0.2, 0) is 0 Å². The maximum absolute atomic E-state index is 11.0. The molecule has 0 fully saturated rings. The zero-order valence-corrected chi connectivity index (χ0v) is 9.11. The fourth-order valence-corrected chi connectivity index (χ4v) is 1.33. The summed E-state index contributed by atoms with van der Waals surface area (Å²) < 4.78 is 0. The average Bonchev–Trinajstić information content (AvgIpc) is 2.18. The van der Waals surface area contributed by atoms with Crippen molar-refractivity contribution >= 4 is 17.8 Å². The number of hydrogen-bond acceptors (Lipinski definition) is 3. The van der Waals surface area contributed by atoms with Crippen molar-refractivity contribution < 1.29 is 9.90 Å². The predicted octanol–water partition coefficient (Wildman–Crippen LogP) is 0.587. The molecular formula is C9H18N2O2S. The van der Waals surface area contributed by atoms with Crippen LogP contribution in [0.3, 0.4) is 0 Å². The lowest BCUT2D eigenvalue weighted by Crippen LogP contribution is -2.37. The van der Waals surface area contributed by atoms with Gasteiger partial charge in [-0.15, -0.1) is 6.58 Å². The molecule has 0 spiro atoms. The maximum Gasteiger partial charge on any atom is 0.314 e. The molecule has 0 aromatic rings. The van der Waals surface area contributed by atoms with Crippen molar-refractivity contribution in [1.82, 2.24) is 10.6 Å². The molecule has 0 aromatic heterocycles. The Kier molecular flexibility index (Phi) is 9.90. The van der Waals surface area contributed by atoms with Gasteiger partial charge in [0, 0.05) is 31.2 Å². The molecule has 0 aliphatic carbocycles. The zero-order valence-electron chi connectivity index (χ0n) is 8.29. The van der Waals surface area contributed by atoms with Crippen molar-refractivity contribution in [3.8, 4) is 0 Å². The molecule has 0 aliphatic heterocycles. The molecule has 0 aromatic carbocycles. The minimum atomic E-state index is -0.169. The first-order valence-corrected chi connectivity index (χ1v) is 5.78. The Bertz CT molecular complexity index is 165. The molecule has 0 heterocycles. The highest BCUT2D eigenvalue weighted by molar-refractivity contribution is 7.99. The van der Waals surface area contributed by atoms with Crippen molar-refractivity contribution in [2.45, 2.75) is 6.42 Å². The lowest BCUT2D eigenvalue weighted by atomic mass is 10.4. The number of aliphatic hydroxyl groups is 1. The normalized spacial score (nSPS) is 9.50. The Labute approximate surface area is 89.1 Å². The van der Waals surface area contributed by atoms with Gasteiger partial charge in [0.25, 0.3) is 0 Å². The lowest BCUT2D eigenvalue weighted by Gasteiger charge is -2.05. The number of urea groups is 1. The first kappa shape index (κ1) is 13.3. The number of thioether (sulfide) groups is 1. The standard InChI is InChI=1S/C9H18N2O2S/c1-2-7-14-8-5-11-9(13)10-4-3-6-12/h2,12H,1,3-8H2,(H2,10,11,13). The van der Waals surface area contributed by atoms with Crippen molar-refractivity contribution in [2.24, 2.45) is 0 Å². The van der Waals surface area contributed by atoms with E-state index < -0.39 is 0 Å². The van der Waals surface area contributed by atoms with E-state index in [-0.39, 0.29) is 12.6 Å². The summed E-state index contributed by atoms with van der Waals surface area (Å²) >= 11 is 1.72. The molecule has 2 amide bonds. The second-order valence-corrected chi connectivity index (χ2v) is 3.77. The topological polar surface area (TPSA) is 61.4 Å². The highest BCUT2D eigenvalue weighted by Crippen LogP contribution is 1.96. The minimum Gasteiger partial charge on any atom is -0.396 e. The van der Waals surface area contributed by atoms with E-state index in [1.807, 2.05) is 6.08 Å². The zero-order chi connectivity index (χ0) is 10.6. The van der Waals surface area contributed by atoms with Gasteiger partial charge in [-0.3, -0.25) is 0 Å². The lowest BCUT2D eigenvalue weighted by molar-refractivity contribution is 0.238. The summed E-state index contributed by atoms with van der Waals surface area (Å²) in [5, 5.41) is 13.8. The van der Waals surface area contributed by atoms with Gasteiger partial charge in [0.15, 0.2) is 0 Å². The van der Waals surface area contributed by atoms with Gasteiger partial charge in [-0.1, -0.05) is 6.08 Å². The number of carbonyl (C=O) groups is 1. The summed E-state index contributed by atoms with van der Waals surface area (Å²) in [6.45, 7) is 4.88. The van der Waals surface area contributed by atoms with Crippen LogP contribution in [-0.4, -0.2) is 42.3 Å². The predicted molar refractivity (Wildman–Crippen MR) is 60.6 cm³/mol. The summed E-state index contributed by atoms with van der Waals surface area (Å²) in [6, 6.07) is -0.169. The Morgan fingerprint density at radius 2 is 2.14 bits per heavy atom. The molecule has 0 atom stereocenters. The van der Waals surface area contributed by atoms with Crippen molar-refractivity contribution in [3.63, 3.8) is 0 Å². The van der Waals surface area contributed by atoms with E-state index >= 15 is 0 Å². The molecule has 3 N–H and O–H groups in total. The summed E-state index contributed by atoms with van der Waals surface area (Å²) in [5.41, 5.74) is 0. The van der Waals surface area contributed by atoms with Crippen LogP contribution in [0.5, 0.6) is 0 Å². The van der Waals surface area contributed by atoms with Crippen molar-refractivity contribution in [1.29, 1.82) is 0 Å². The molecule has 0 radical (unpaired) electrons. The number of nitrogens with one attached hydrogen (secondary N) is 2. The van der Waals surface area contributed by atoms with E-state index in [4.69, 9.17) is 5.11 Å². The molecule has 14 heavy (non-hydrogen) atoms. The van der Waals surface area contributed by atoms with Gasteiger partial charge in [-0.05, 0) is 6.42 Å². The third kappa shape index (κ3) is 9.41. The van der Waals surface area contributed by atoms with Crippen LogP contribution in [0, 0.1) is 0 Å². The van der Waals surface area contributed by atoms with E-state index in [0.29, 0.717) is 19.5 Å². The van der Waals surface area contributed by atoms with Gasteiger partial charge in [0.05, 0.1) is 0 Å². The average molecular weight is 218 g/mol. The highest BCUT2D eigenvalue weighted by atomic mass is 32.2. The van der Waals surface area contributed by atoms with Crippen LogP contribution in [0.1, 0.15) is 6.42 Å². The first-order chi connectivity index (χ1) is 6.81. The van der Waals surface area contributed by atoms with Crippen LogP contribution in [0.2, 0.25) is 0 Å². The van der Waals surface area contributed by atoms with Gasteiger partial charge in [-0.2, -0.15) is 11.8 Å². The van der Waals surface area contributed by atoms with E-state index in [1.54, 1.807) is 11.8 Å². The molecule has 0 rings (SSSR count). The number of hydrogen-bond donors (Lipinski definition) is 3. The molecule has 0 unspecified atom stereocenters. The van der Waals surface area contributed by atoms with Crippen molar-refractivity contribution in [3.05, 3.63) is 12.7 Å². The Morgan fingerprint density at radius 3 is 2.79 bits per heavy atom. The van der Waals surface area contributed by atoms with Crippen LogP contribution in [0.25, 0.3) is 0 Å². The van der Waals surface area contributed by atoms with Gasteiger partial charge in [0.1, 0.15) is 0 Å². The quantitative estimate of drug-likeness (QED) is 0.413. The van der Waals surface area contributed by atoms with Crippen LogP contribution in [0.4, 0.5) is 4.79 Å². The number of aliphatic hydroxyl groups excluding tert-OH is 1. The molecule has 0 bridgehead atoms. The second-order valence-electron chi connectivity index (χ2n) is 2.62. The smallest absolute Gasteiger partial charge is 0.314 e. The van der Waals surface area contributed by atoms with Crippen molar-refractivity contribution in [2.75, 3.05) is 31.2 Å². The molecule has 0 saturated carbocycles. The first-order valence-electron chi connectivity index (χ1n) is 4.62. The molecule has 82 valence electrons. The third-order valence-corrected chi connectivity index (χ3v) is 2.35. The largest absolute Gasteiger partial charge is 0.396 e. The van der Waals surface area contributed by atoms with E-state index in [0.717, 1.165) is 11.5 Å². The van der Waals surface area contributed by atoms with Crippen LogP contribution < -0.4 is 10.6 Å². The SMILES string of the molecule is C=CCSCCNC(=O)NCCCO. The Balaban J connectivity index is 3.14. The summed E-state index contributed by atoms with van der Waals surface area (Å²) in [5.74, 6) is 1.80. The van der Waals surface area contributed by atoms with Gasteiger partial charge >= 0.3 is 6.03 Å². The summed E-state index contributed by atoms with van der Waals surface area (Å²) in [6.07, 6.45) is 2.44. The van der Waals surface area contributed by atoms with Crippen LogP contribution >= 0.6 is 11.8 Å². The number of amides is 2. The summed E-state index contributed by atoms with van der Waals surface area (Å²) in [7, 11) is 0. The van der Waals surface area contributed by atoms with E-state index in [1.165, 1.54) is 0 Å². The Morgan fingerprint density at radius 1 is 1.43 bits per heavy atom. The van der Waals surface area contributed by atoms with Gasteiger partial charge in [-0.25, -0.2) is 4.79 Å². The number of carbonyl (C=O) groups excluding carboxylic acids is 1. The monoisotopic (exact) mass is 218 g/mol. The third-order valence-electron chi connectivity index (χ3n) is 1.39. The maximum atomic E-state index is 11.0. The number of rotatable bonds is 8. The van der Waals surface area contributed by atoms with E-state index in [9.17, 15) is 4.79 Å². The highest BCUT2D eigenvalue weighted by Gasteiger charge is 1.96. The molecule has 5 heteroatoms. The minimum absolute atomic E-state index is 0.107. The van der Waals surface area contributed by atoms with Gasteiger partial charge in [0.2, 0.25) is 0 Å². The molecule has 4 nitrogen and oxygen atoms in total. The van der Waals surface area contributed by atoms with Crippen LogP contribution in [0.15, 0.2) is 12.7 Å². The Hall–Kier alpha value is -0.680. The molecular weight excluding hydrogens is 200 g/mol. The molecule has 0 aliphatic rings. The van der Waals surface area contributed by atoms with E-state index in [2.05, 4.69) is 17.2 Å². The summed E-state index contributed by atoms with van der Waals surface area (Å²) in [4.78, 5) is 11.0. The molecule has 0 saturated heterocycles.